The number of halogens is 3. The van der Waals surface area contributed by atoms with Crippen LogP contribution in [0, 0.1) is 0 Å². The van der Waals surface area contributed by atoms with Gasteiger partial charge in [0, 0.05) is 29.9 Å². The molecule has 6 nitrogen and oxygen atoms in total. The maximum Gasteiger partial charge on any atom is 0.422 e. The number of carbonyl (C=O) groups is 1. The Bertz CT molecular complexity index is 852. The van der Waals surface area contributed by atoms with Gasteiger partial charge in [0.05, 0.1) is 5.54 Å². The summed E-state index contributed by atoms with van der Waals surface area (Å²) in [7, 11) is 0. The molecular weight excluding hydrogens is 373 g/mol. The SMILES string of the molecule is CC(C)(C)n1nc(C(=O)NCc2cccnc2OCC(F)(F)F)cc1C1CC1. The van der Waals surface area contributed by atoms with Gasteiger partial charge < -0.3 is 10.1 Å². The summed E-state index contributed by atoms with van der Waals surface area (Å²) >= 11 is 0. The third kappa shape index (κ3) is 5.02. The second-order valence-electron chi connectivity index (χ2n) is 7.87. The number of nitrogens with one attached hydrogen (secondary N) is 1. The summed E-state index contributed by atoms with van der Waals surface area (Å²) in [6.07, 6.45) is -0.960. The lowest BCUT2D eigenvalue weighted by atomic mass is 10.1. The maximum atomic E-state index is 12.6. The van der Waals surface area contributed by atoms with Crippen molar-refractivity contribution in [2.24, 2.45) is 0 Å². The molecule has 1 aliphatic carbocycles. The maximum absolute atomic E-state index is 12.6. The van der Waals surface area contributed by atoms with E-state index in [2.05, 4.69) is 15.4 Å². The molecule has 0 saturated heterocycles. The smallest absolute Gasteiger partial charge is 0.422 e. The Hall–Kier alpha value is -2.58. The molecule has 2 aromatic rings. The predicted octanol–water partition coefficient (Wildman–Crippen LogP) is 3.78. The van der Waals surface area contributed by atoms with Crippen LogP contribution in [0.25, 0.3) is 0 Å². The first-order chi connectivity index (χ1) is 13.0. The lowest BCUT2D eigenvalue weighted by molar-refractivity contribution is -0.154. The Morgan fingerprint density at radius 2 is 2.04 bits per heavy atom. The van der Waals surface area contributed by atoms with Crippen LogP contribution in [-0.4, -0.2) is 33.5 Å². The van der Waals surface area contributed by atoms with Crippen LogP contribution in [0.4, 0.5) is 13.2 Å². The van der Waals surface area contributed by atoms with Crippen molar-refractivity contribution in [3.8, 4) is 5.88 Å². The number of rotatable bonds is 6. The average Bonchev–Trinajstić information content (AvgIpc) is 3.34. The minimum atomic E-state index is -4.46. The van der Waals surface area contributed by atoms with Crippen molar-refractivity contribution in [2.45, 2.75) is 57.8 Å². The molecule has 0 aliphatic heterocycles. The van der Waals surface area contributed by atoms with E-state index in [9.17, 15) is 18.0 Å². The monoisotopic (exact) mass is 396 g/mol. The van der Waals surface area contributed by atoms with E-state index in [1.807, 2.05) is 25.5 Å². The molecule has 3 rings (SSSR count). The summed E-state index contributed by atoms with van der Waals surface area (Å²) in [6.45, 7) is 4.61. The van der Waals surface area contributed by atoms with Gasteiger partial charge in [0.15, 0.2) is 6.61 Å². The van der Waals surface area contributed by atoms with Gasteiger partial charge in [-0.1, -0.05) is 6.07 Å². The van der Waals surface area contributed by atoms with Gasteiger partial charge in [0.2, 0.25) is 5.88 Å². The summed E-state index contributed by atoms with van der Waals surface area (Å²) < 4.78 is 43.8. The fourth-order valence-corrected chi connectivity index (χ4v) is 2.82. The van der Waals surface area contributed by atoms with Crippen molar-refractivity contribution in [3.63, 3.8) is 0 Å². The first-order valence-corrected chi connectivity index (χ1v) is 9.07. The molecule has 0 aromatic carbocycles. The number of carbonyl (C=O) groups excluding carboxylic acids is 1. The van der Waals surface area contributed by atoms with Crippen LogP contribution in [0.15, 0.2) is 24.4 Å². The van der Waals surface area contributed by atoms with E-state index >= 15 is 0 Å². The number of hydrogen-bond donors (Lipinski definition) is 1. The number of hydrogen-bond acceptors (Lipinski definition) is 4. The molecular formula is C19H23F3N4O2. The number of amides is 1. The van der Waals surface area contributed by atoms with E-state index in [1.165, 1.54) is 6.20 Å². The Labute approximate surface area is 161 Å². The van der Waals surface area contributed by atoms with Crippen molar-refractivity contribution >= 4 is 5.91 Å². The van der Waals surface area contributed by atoms with Crippen molar-refractivity contribution in [3.05, 3.63) is 41.3 Å². The normalized spacial score (nSPS) is 14.8. The molecule has 0 radical (unpaired) electrons. The Kier molecular flexibility index (Phi) is 5.36. The van der Waals surface area contributed by atoms with Crippen LogP contribution in [0.2, 0.25) is 0 Å². The molecule has 1 fully saturated rings. The van der Waals surface area contributed by atoms with Crippen LogP contribution in [0.5, 0.6) is 5.88 Å². The number of aromatic nitrogens is 3. The molecule has 0 bridgehead atoms. The number of pyridine rings is 1. The molecule has 1 N–H and O–H groups in total. The molecule has 2 heterocycles. The molecule has 2 aromatic heterocycles. The zero-order valence-electron chi connectivity index (χ0n) is 16.0. The van der Waals surface area contributed by atoms with Crippen LogP contribution in [0.1, 0.15) is 61.3 Å². The fourth-order valence-electron chi connectivity index (χ4n) is 2.82. The quantitative estimate of drug-likeness (QED) is 0.807. The van der Waals surface area contributed by atoms with E-state index in [-0.39, 0.29) is 18.0 Å². The molecule has 1 amide bonds. The summed E-state index contributed by atoms with van der Waals surface area (Å²) in [4.78, 5) is 16.4. The fraction of sp³-hybridized carbons (Fsp3) is 0.526. The minimum Gasteiger partial charge on any atom is -0.468 e. The topological polar surface area (TPSA) is 69.0 Å². The van der Waals surface area contributed by atoms with E-state index in [0.29, 0.717) is 17.2 Å². The molecule has 1 aliphatic rings. The van der Waals surface area contributed by atoms with E-state index in [1.54, 1.807) is 18.2 Å². The average molecular weight is 396 g/mol. The Balaban J connectivity index is 1.70. The second kappa shape index (κ2) is 7.44. The van der Waals surface area contributed by atoms with Crippen LogP contribution >= 0.6 is 0 Å². The Morgan fingerprint density at radius 1 is 1.32 bits per heavy atom. The zero-order chi connectivity index (χ0) is 20.5. The first kappa shape index (κ1) is 20.2. The van der Waals surface area contributed by atoms with Crippen LogP contribution in [-0.2, 0) is 12.1 Å². The lowest BCUT2D eigenvalue weighted by Crippen LogP contribution is -2.27. The lowest BCUT2D eigenvalue weighted by Gasteiger charge is -2.22. The predicted molar refractivity (Wildman–Crippen MR) is 96.2 cm³/mol. The van der Waals surface area contributed by atoms with E-state index < -0.39 is 18.7 Å². The minimum absolute atomic E-state index is 0.0129. The summed E-state index contributed by atoms with van der Waals surface area (Å²) in [5.74, 6) is -0.122. The second-order valence-corrected chi connectivity index (χ2v) is 7.87. The molecule has 9 heteroatoms. The number of nitrogens with zero attached hydrogens (tertiary/aromatic N) is 3. The van der Waals surface area contributed by atoms with Gasteiger partial charge in [0.1, 0.15) is 5.69 Å². The van der Waals surface area contributed by atoms with Crippen molar-refractivity contribution < 1.29 is 22.7 Å². The Morgan fingerprint density at radius 3 is 2.64 bits per heavy atom. The highest BCUT2D eigenvalue weighted by molar-refractivity contribution is 5.92. The summed E-state index contributed by atoms with van der Waals surface area (Å²) in [5.41, 5.74) is 1.43. The zero-order valence-corrected chi connectivity index (χ0v) is 16.0. The van der Waals surface area contributed by atoms with Gasteiger partial charge in [-0.2, -0.15) is 18.3 Å². The molecule has 1 saturated carbocycles. The van der Waals surface area contributed by atoms with E-state index in [0.717, 1.165) is 18.5 Å². The van der Waals surface area contributed by atoms with Gasteiger partial charge in [-0.15, -0.1) is 0 Å². The van der Waals surface area contributed by atoms with Gasteiger partial charge in [-0.05, 0) is 45.7 Å². The molecule has 0 atom stereocenters. The molecule has 152 valence electrons. The molecule has 0 unspecified atom stereocenters. The van der Waals surface area contributed by atoms with Crippen molar-refractivity contribution in [2.75, 3.05) is 6.61 Å². The van der Waals surface area contributed by atoms with Crippen molar-refractivity contribution in [1.82, 2.24) is 20.1 Å². The molecule has 28 heavy (non-hydrogen) atoms. The number of alkyl halides is 3. The van der Waals surface area contributed by atoms with Gasteiger partial charge in [0.25, 0.3) is 5.91 Å². The highest BCUT2D eigenvalue weighted by Gasteiger charge is 2.32. The highest BCUT2D eigenvalue weighted by Crippen LogP contribution is 2.41. The van der Waals surface area contributed by atoms with Crippen molar-refractivity contribution in [1.29, 1.82) is 0 Å². The standard InChI is InChI=1S/C19H23F3N4O2/c1-18(2,3)26-15(12-6-7-12)9-14(25-26)16(27)24-10-13-5-4-8-23-17(13)28-11-19(20,21)22/h4-5,8-9,12H,6-7,10-11H2,1-3H3,(H,24,27). The number of ether oxygens (including phenoxy) is 1. The van der Waals surface area contributed by atoms with Gasteiger partial charge >= 0.3 is 6.18 Å². The first-order valence-electron chi connectivity index (χ1n) is 9.07. The van der Waals surface area contributed by atoms with Crippen LogP contribution in [0.3, 0.4) is 0 Å². The van der Waals surface area contributed by atoms with E-state index in [4.69, 9.17) is 4.74 Å². The summed E-state index contributed by atoms with van der Waals surface area (Å²) in [6, 6.07) is 4.92. The van der Waals surface area contributed by atoms with Gasteiger partial charge in [-0.3, -0.25) is 9.48 Å². The largest absolute Gasteiger partial charge is 0.468 e. The molecule has 0 spiro atoms. The third-order valence-corrected chi connectivity index (χ3v) is 4.26. The van der Waals surface area contributed by atoms with Crippen LogP contribution < -0.4 is 10.1 Å². The third-order valence-electron chi connectivity index (χ3n) is 4.26. The van der Waals surface area contributed by atoms with Gasteiger partial charge in [-0.25, -0.2) is 4.98 Å². The summed E-state index contributed by atoms with van der Waals surface area (Å²) in [5, 5.41) is 7.14. The highest BCUT2D eigenvalue weighted by atomic mass is 19.4.